The molecule has 0 aromatic heterocycles. The first-order chi connectivity index (χ1) is 16.2. The van der Waals surface area contributed by atoms with Crippen molar-refractivity contribution in [2.75, 3.05) is 16.2 Å². The standard InChI is InChI=1S/C25H25N3O5S/c1-18-10-12-22(13-11-18)34(32,33)28(24-9-4-3-8-23(24)27-19(2)30)16-25(31)26-15-20-6-5-7-21(14-20)17-29/h3-14,17H,15-16H2,1-2H3,(H,26,31)(H,27,30). The highest BCUT2D eigenvalue weighted by atomic mass is 32.2. The number of para-hydroxylation sites is 2. The molecule has 0 saturated heterocycles. The number of hydrogen-bond acceptors (Lipinski definition) is 5. The molecule has 0 aliphatic carbocycles. The summed E-state index contributed by atoms with van der Waals surface area (Å²) in [6, 6.07) is 19.4. The van der Waals surface area contributed by atoms with Crippen LogP contribution >= 0.6 is 0 Å². The second-order valence-electron chi connectivity index (χ2n) is 7.66. The maximum absolute atomic E-state index is 13.6. The Labute approximate surface area is 198 Å². The van der Waals surface area contributed by atoms with Gasteiger partial charge in [0.1, 0.15) is 12.8 Å². The predicted octanol–water partition coefficient (Wildman–Crippen LogP) is 3.28. The predicted molar refractivity (Wildman–Crippen MR) is 130 cm³/mol. The van der Waals surface area contributed by atoms with Gasteiger partial charge in [-0.05, 0) is 42.8 Å². The molecule has 9 heteroatoms. The number of aryl methyl sites for hydroxylation is 1. The van der Waals surface area contributed by atoms with E-state index in [1.54, 1.807) is 54.6 Å². The molecule has 0 unspecified atom stereocenters. The summed E-state index contributed by atoms with van der Waals surface area (Å²) in [7, 11) is -4.14. The lowest BCUT2D eigenvalue weighted by Crippen LogP contribution is -2.41. The van der Waals surface area contributed by atoms with E-state index in [2.05, 4.69) is 10.6 Å². The lowest BCUT2D eigenvalue weighted by molar-refractivity contribution is -0.119. The summed E-state index contributed by atoms with van der Waals surface area (Å²) in [4.78, 5) is 35.5. The van der Waals surface area contributed by atoms with Crippen molar-refractivity contribution in [1.82, 2.24) is 5.32 Å². The molecule has 0 atom stereocenters. The first-order valence-electron chi connectivity index (χ1n) is 10.5. The molecule has 0 aliphatic rings. The summed E-state index contributed by atoms with van der Waals surface area (Å²) < 4.78 is 28.1. The highest BCUT2D eigenvalue weighted by Gasteiger charge is 2.29. The van der Waals surface area contributed by atoms with E-state index in [-0.39, 0.29) is 28.7 Å². The number of aldehydes is 1. The molecule has 3 rings (SSSR count). The van der Waals surface area contributed by atoms with Crippen molar-refractivity contribution < 1.29 is 22.8 Å². The molecule has 34 heavy (non-hydrogen) atoms. The number of carbonyl (C=O) groups is 3. The Bertz CT molecular complexity index is 1300. The lowest BCUT2D eigenvalue weighted by Gasteiger charge is -2.26. The summed E-state index contributed by atoms with van der Waals surface area (Å²) in [5, 5.41) is 5.32. The molecule has 0 spiro atoms. The molecule has 0 aliphatic heterocycles. The Hall–Kier alpha value is -3.98. The maximum atomic E-state index is 13.6. The molecule has 2 N–H and O–H groups in total. The number of anilines is 2. The van der Waals surface area contributed by atoms with E-state index in [1.807, 2.05) is 6.92 Å². The topological polar surface area (TPSA) is 113 Å². The van der Waals surface area contributed by atoms with E-state index in [4.69, 9.17) is 0 Å². The average Bonchev–Trinajstić information content (AvgIpc) is 2.82. The van der Waals surface area contributed by atoms with Gasteiger partial charge in [0, 0.05) is 19.0 Å². The number of benzene rings is 3. The van der Waals surface area contributed by atoms with Crippen LogP contribution in [0.15, 0.2) is 77.7 Å². The van der Waals surface area contributed by atoms with Gasteiger partial charge in [-0.3, -0.25) is 18.7 Å². The molecule has 0 radical (unpaired) electrons. The Kier molecular flexibility index (Phi) is 7.80. The fourth-order valence-corrected chi connectivity index (χ4v) is 4.73. The Morgan fingerprint density at radius 1 is 0.971 bits per heavy atom. The number of carbonyl (C=O) groups excluding carboxylic acids is 3. The van der Waals surface area contributed by atoms with Gasteiger partial charge in [0.2, 0.25) is 11.8 Å². The number of sulfonamides is 1. The van der Waals surface area contributed by atoms with Crippen LogP contribution in [0.4, 0.5) is 11.4 Å². The van der Waals surface area contributed by atoms with Crippen molar-refractivity contribution in [2.24, 2.45) is 0 Å². The van der Waals surface area contributed by atoms with Crippen molar-refractivity contribution in [3.05, 3.63) is 89.5 Å². The van der Waals surface area contributed by atoms with E-state index in [0.29, 0.717) is 17.4 Å². The fourth-order valence-electron chi connectivity index (χ4n) is 3.29. The van der Waals surface area contributed by atoms with E-state index in [1.165, 1.54) is 25.1 Å². The van der Waals surface area contributed by atoms with Crippen LogP contribution in [0.1, 0.15) is 28.4 Å². The van der Waals surface area contributed by atoms with Crippen LogP contribution in [-0.4, -0.2) is 33.1 Å². The molecule has 176 valence electrons. The van der Waals surface area contributed by atoms with Crippen LogP contribution in [0.2, 0.25) is 0 Å². The van der Waals surface area contributed by atoms with Gasteiger partial charge in [0.15, 0.2) is 0 Å². The van der Waals surface area contributed by atoms with Crippen molar-refractivity contribution in [3.63, 3.8) is 0 Å². The van der Waals surface area contributed by atoms with E-state index >= 15 is 0 Å². The highest BCUT2D eigenvalue weighted by Crippen LogP contribution is 2.30. The summed E-state index contributed by atoms with van der Waals surface area (Å²) in [6.07, 6.45) is 0.708. The van der Waals surface area contributed by atoms with Crippen molar-refractivity contribution >= 4 is 39.5 Å². The molecule has 0 saturated carbocycles. The van der Waals surface area contributed by atoms with Gasteiger partial charge < -0.3 is 10.6 Å². The number of rotatable bonds is 9. The van der Waals surface area contributed by atoms with Gasteiger partial charge in [0.25, 0.3) is 10.0 Å². The Morgan fingerprint density at radius 3 is 2.35 bits per heavy atom. The van der Waals surface area contributed by atoms with Crippen LogP contribution in [0.5, 0.6) is 0 Å². The summed E-state index contributed by atoms with van der Waals surface area (Å²) >= 11 is 0. The van der Waals surface area contributed by atoms with Crippen LogP contribution < -0.4 is 14.9 Å². The number of nitrogens with one attached hydrogen (secondary N) is 2. The van der Waals surface area contributed by atoms with Gasteiger partial charge in [-0.1, -0.05) is 48.0 Å². The zero-order valence-corrected chi connectivity index (χ0v) is 19.6. The summed E-state index contributed by atoms with van der Waals surface area (Å²) in [5.41, 5.74) is 2.48. The zero-order chi connectivity index (χ0) is 24.7. The molecule has 8 nitrogen and oxygen atoms in total. The highest BCUT2D eigenvalue weighted by molar-refractivity contribution is 7.92. The maximum Gasteiger partial charge on any atom is 0.264 e. The number of hydrogen-bond donors (Lipinski definition) is 2. The number of nitrogens with zero attached hydrogens (tertiary/aromatic N) is 1. The first-order valence-corrected chi connectivity index (χ1v) is 11.9. The molecule has 3 aromatic rings. The zero-order valence-electron chi connectivity index (χ0n) is 18.8. The van der Waals surface area contributed by atoms with Gasteiger partial charge in [0.05, 0.1) is 16.3 Å². The molecule has 0 fully saturated rings. The molecular weight excluding hydrogens is 454 g/mol. The number of amides is 2. The monoisotopic (exact) mass is 479 g/mol. The molecule has 0 bridgehead atoms. The molecular formula is C25H25N3O5S. The third kappa shape index (κ3) is 6.08. The van der Waals surface area contributed by atoms with Gasteiger partial charge in [-0.25, -0.2) is 8.42 Å². The van der Waals surface area contributed by atoms with Crippen molar-refractivity contribution in [3.8, 4) is 0 Å². The van der Waals surface area contributed by atoms with Gasteiger partial charge in [-0.2, -0.15) is 0 Å². The Balaban J connectivity index is 1.93. The third-order valence-electron chi connectivity index (χ3n) is 4.96. The molecule has 2 amide bonds. The smallest absolute Gasteiger partial charge is 0.264 e. The SMILES string of the molecule is CC(=O)Nc1ccccc1N(CC(=O)NCc1cccc(C=O)c1)S(=O)(=O)c1ccc(C)cc1. The van der Waals surface area contributed by atoms with Crippen LogP contribution in [-0.2, 0) is 26.2 Å². The molecule has 3 aromatic carbocycles. The lowest BCUT2D eigenvalue weighted by atomic mass is 10.1. The van der Waals surface area contributed by atoms with E-state index < -0.39 is 22.5 Å². The van der Waals surface area contributed by atoms with E-state index in [9.17, 15) is 22.8 Å². The minimum absolute atomic E-state index is 0.0159. The second kappa shape index (κ2) is 10.8. The van der Waals surface area contributed by atoms with E-state index in [0.717, 1.165) is 9.87 Å². The minimum Gasteiger partial charge on any atom is -0.350 e. The summed E-state index contributed by atoms with van der Waals surface area (Å²) in [6.45, 7) is 2.76. The van der Waals surface area contributed by atoms with Crippen LogP contribution in [0.25, 0.3) is 0 Å². The average molecular weight is 480 g/mol. The minimum atomic E-state index is -4.14. The van der Waals surface area contributed by atoms with Gasteiger partial charge in [-0.15, -0.1) is 0 Å². The second-order valence-corrected chi connectivity index (χ2v) is 9.52. The fraction of sp³-hybridized carbons (Fsp3) is 0.160. The van der Waals surface area contributed by atoms with Crippen molar-refractivity contribution in [1.29, 1.82) is 0 Å². The Morgan fingerprint density at radius 2 is 1.68 bits per heavy atom. The molecule has 0 heterocycles. The quantitative estimate of drug-likeness (QED) is 0.458. The third-order valence-corrected chi connectivity index (χ3v) is 6.73. The van der Waals surface area contributed by atoms with Crippen LogP contribution in [0.3, 0.4) is 0 Å². The first kappa shape index (κ1) is 24.7. The normalized spacial score (nSPS) is 10.9. The summed E-state index contributed by atoms with van der Waals surface area (Å²) in [5.74, 6) is -0.926. The van der Waals surface area contributed by atoms with Crippen molar-refractivity contribution in [2.45, 2.75) is 25.3 Å². The van der Waals surface area contributed by atoms with Crippen LogP contribution in [0, 0.1) is 6.92 Å². The van der Waals surface area contributed by atoms with Gasteiger partial charge >= 0.3 is 0 Å². The largest absolute Gasteiger partial charge is 0.350 e.